The second kappa shape index (κ2) is 6.95. The second-order valence-electron chi connectivity index (χ2n) is 2.89. The maximum Gasteiger partial charge on any atom is 0.243 e. The zero-order chi connectivity index (χ0) is 11.1. The molecule has 0 aliphatic rings. The van der Waals surface area contributed by atoms with Crippen molar-refractivity contribution in [1.82, 2.24) is 5.32 Å². The van der Waals surface area contributed by atoms with E-state index in [1.165, 1.54) is 4.88 Å². The number of hydrogen-bond acceptors (Lipinski definition) is 4. The Kier molecular flexibility index (Phi) is 5.85. The molecule has 0 unspecified atom stereocenters. The normalized spacial score (nSPS) is 10.5. The van der Waals surface area contributed by atoms with Crippen molar-refractivity contribution in [2.24, 2.45) is 5.73 Å². The van der Waals surface area contributed by atoms with E-state index in [1.54, 1.807) is 11.3 Å². The van der Waals surface area contributed by atoms with Crippen LogP contribution in [-0.4, -0.2) is 25.7 Å². The molecular weight excluding hydrogens is 280 g/mol. The number of thiophene rings is 1. The van der Waals surface area contributed by atoms with Crippen LogP contribution in [0.2, 0.25) is 0 Å². The van der Waals surface area contributed by atoms with E-state index in [2.05, 4.69) is 21.2 Å². The van der Waals surface area contributed by atoms with Gasteiger partial charge in [0, 0.05) is 22.4 Å². The molecule has 0 fully saturated rings. The highest BCUT2D eigenvalue weighted by molar-refractivity contribution is 9.10. The predicted molar refractivity (Wildman–Crippen MR) is 63.7 cm³/mol. The number of nitrogens with one attached hydrogen (secondary N) is 1. The van der Waals surface area contributed by atoms with Crippen molar-refractivity contribution in [3.8, 4) is 0 Å². The van der Waals surface area contributed by atoms with E-state index in [0.29, 0.717) is 13.2 Å². The summed E-state index contributed by atoms with van der Waals surface area (Å²) in [6.07, 6.45) is 0. The van der Waals surface area contributed by atoms with Crippen molar-refractivity contribution in [3.63, 3.8) is 0 Å². The Morgan fingerprint density at radius 2 is 2.47 bits per heavy atom. The molecule has 0 aliphatic heterocycles. The van der Waals surface area contributed by atoms with Crippen LogP contribution in [0, 0.1) is 0 Å². The summed E-state index contributed by atoms with van der Waals surface area (Å²) in [5.41, 5.74) is 4.92. The fraction of sp³-hybridized carbons (Fsp3) is 0.444. The molecule has 1 rings (SSSR count). The smallest absolute Gasteiger partial charge is 0.243 e. The number of carbonyl (C=O) groups excluding carboxylic acids is 1. The Balaban J connectivity index is 2.03. The molecule has 1 aromatic heterocycles. The standard InChI is InChI=1S/C9H13BrN2O2S/c10-7-1-4-15-8(7)5-12-2-3-14-6-9(11)13/h1,4,12H,2-3,5-6H2,(H2,11,13). The molecule has 0 bridgehead atoms. The molecule has 0 saturated carbocycles. The number of carbonyl (C=O) groups is 1. The second-order valence-corrected chi connectivity index (χ2v) is 4.74. The van der Waals surface area contributed by atoms with Gasteiger partial charge in [-0.3, -0.25) is 4.79 Å². The predicted octanol–water partition coefficient (Wildman–Crippen LogP) is 1.10. The number of primary amides is 1. The highest BCUT2D eigenvalue weighted by Crippen LogP contribution is 2.21. The largest absolute Gasteiger partial charge is 0.370 e. The van der Waals surface area contributed by atoms with Crippen molar-refractivity contribution in [2.75, 3.05) is 19.8 Å². The molecule has 4 nitrogen and oxygen atoms in total. The first-order valence-electron chi connectivity index (χ1n) is 4.49. The molecular formula is C9H13BrN2O2S. The monoisotopic (exact) mass is 292 g/mol. The van der Waals surface area contributed by atoms with E-state index >= 15 is 0 Å². The lowest BCUT2D eigenvalue weighted by Gasteiger charge is -2.03. The Labute approximate surface area is 101 Å². The van der Waals surface area contributed by atoms with E-state index in [9.17, 15) is 4.79 Å². The van der Waals surface area contributed by atoms with E-state index in [1.807, 2.05) is 11.4 Å². The van der Waals surface area contributed by atoms with Crippen molar-refractivity contribution in [3.05, 3.63) is 20.8 Å². The molecule has 0 spiro atoms. The van der Waals surface area contributed by atoms with Crippen LogP contribution >= 0.6 is 27.3 Å². The van der Waals surface area contributed by atoms with Gasteiger partial charge < -0.3 is 15.8 Å². The van der Waals surface area contributed by atoms with Gasteiger partial charge in [0.15, 0.2) is 0 Å². The molecule has 15 heavy (non-hydrogen) atoms. The van der Waals surface area contributed by atoms with Gasteiger partial charge in [0.1, 0.15) is 6.61 Å². The van der Waals surface area contributed by atoms with Crippen molar-refractivity contribution >= 4 is 33.2 Å². The number of halogens is 1. The lowest BCUT2D eigenvalue weighted by atomic mass is 10.4. The molecule has 6 heteroatoms. The van der Waals surface area contributed by atoms with Gasteiger partial charge in [-0.15, -0.1) is 11.3 Å². The van der Waals surface area contributed by atoms with Gasteiger partial charge in [0.25, 0.3) is 0 Å². The summed E-state index contributed by atoms with van der Waals surface area (Å²) in [7, 11) is 0. The minimum atomic E-state index is -0.434. The van der Waals surface area contributed by atoms with Crippen LogP contribution in [0.3, 0.4) is 0 Å². The number of ether oxygens (including phenoxy) is 1. The van der Waals surface area contributed by atoms with Crippen LogP contribution in [0.1, 0.15) is 4.88 Å². The molecule has 1 amide bonds. The molecule has 3 N–H and O–H groups in total. The topological polar surface area (TPSA) is 64.4 Å². The molecule has 0 saturated heterocycles. The van der Waals surface area contributed by atoms with Gasteiger partial charge in [-0.05, 0) is 27.4 Å². The van der Waals surface area contributed by atoms with Gasteiger partial charge >= 0.3 is 0 Å². The van der Waals surface area contributed by atoms with Gasteiger partial charge in [-0.25, -0.2) is 0 Å². The highest BCUT2D eigenvalue weighted by Gasteiger charge is 1.99. The van der Waals surface area contributed by atoms with E-state index in [4.69, 9.17) is 10.5 Å². The highest BCUT2D eigenvalue weighted by atomic mass is 79.9. The van der Waals surface area contributed by atoms with Crippen LogP contribution in [0.15, 0.2) is 15.9 Å². The minimum absolute atomic E-state index is 0.00955. The van der Waals surface area contributed by atoms with Crippen LogP contribution < -0.4 is 11.1 Å². The first kappa shape index (κ1) is 12.6. The summed E-state index contributed by atoms with van der Waals surface area (Å²) in [4.78, 5) is 11.6. The Hall–Kier alpha value is -0.430. The summed E-state index contributed by atoms with van der Waals surface area (Å²) in [6.45, 7) is 1.99. The summed E-state index contributed by atoms with van der Waals surface area (Å²) >= 11 is 5.14. The third kappa shape index (κ3) is 5.27. The third-order valence-corrected chi connectivity index (χ3v) is 3.57. The molecule has 1 aromatic rings. The fourth-order valence-electron chi connectivity index (χ4n) is 0.970. The number of rotatable bonds is 7. The van der Waals surface area contributed by atoms with Gasteiger partial charge in [0.05, 0.1) is 6.61 Å². The van der Waals surface area contributed by atoms with Crippen LogP contribution in [-0.2, 0) is 16.1 Å². The summed E-state index contributed by atoms with van der Waals surface area (Å²) < 4.78 is 6.12. The van der Waals surface area contributed by atoms with Crippen LogP contribution in [0.25, 0.3) is 0 Å². The zero-order valence-electron chi connectivity index (χ0n) is 8.16. The van der Waals surface area contributed by atoms with Gasteiger partial charge in [-0.1, -0.05) is 0 Å². The fourth-order valence-corrected chi connectivity index (χ4v) is 2.43. The summed E-state index contributed by atoms with van der Waals surface area (Å²) in [5, 5.41) is 5.24. The van der Waals surface area contributed by atoms with Gasteiger partial charge in [-0.2, -0.15) is 0 Å². The van der Waals surface area contributed by atoms with Crippen LogP contribution in [0.5, 0.6) is 0 Å². The maximum atomic E-state index is 10.3. The van der Waals surface area contributed by atoms with Crippen LogP contribution in [0.4, 0.5) is 0 Å². The maximum absolute atomic E-state index is 10.3. The van der Waals surface area contributed by atoms with E-state index < -0.39 is 5.91 Å². The number of amides is 1. The average molecular weight is 293 g/mol. The van der Waals surface area contributed by atoms with E-state index in [-0.39, 0.29) is 6.61 Å². The third-order valence-electron chi connectivity index (χ3n) is 1.64. The first-order valence-corrected chi connectivity index (χ1v) is 6.16. The quantitative estimate of drug-likeness (QED) is 0.740. The summed E-state index contributed by atoms with van der Waals surface area (Å²) in [6, 6.07) is 2.02. The zero-order valence-corrected chi connectivity index (χ0v) is 10.6. The molecule has 1 heterocycles. The molecule has 0 atom stereocenters. The molecule has 0 radical (unpaired) electrons. The lowest BCUT2D eigenvalue weighted by molar-refractivity contribution is -0.122. The van der Waals surface area contributed by atoms with Gasteiger partial charge in [0.2, 0.25) is 5.91 Å². The Bertz CT molecular complexity index is 317. The minimum Gasteiger partial charge on any atom is -0.370 e. The average Bonchev–Trinajstić information content (AvgIpc) is 2.57. The number of hydrogen-bond donors (Lipinski definition) is 2. The molecule has 84 valence electrons. The molecule has 0 aliphatic carbocycles. The SMILES string of the molecule is NC(=O)COCCNCc1sccc1Br. The van der Waals surface area contributed by atoms with Crippen molar-refractivity contribution in [2.45, 2.75) is 6.54 Å². The lowest BCUT2D eigenvalue weighted by Crippen LogP contribution is -2.23. The van der Waals surface area contributed by atoms with Crippen molar-refractivity contribution < 1.29 is 9.53 Å². The Morgan fingerprint density at radius 1 is 1.67 bits per heavy atom. The number of nitrogens with two attached hydrogens (primary N) is 1. The Morgan fingerprint density at radius 3 is 3.07 bits per heavy atom. The van der Waals surface area contributed by atoms with Crippen molar-refractivity contribution in [1.29, 1.82) is 0 Å². The summed E-state index contributed by atoms with van der Waals surface area (Å²) in [5.74, 6) is -0.434. The first-order chi connectivity index (χ1) is 7.20. The molecule has 0 aromatic carbocycles. The van der Waals surface area contributed by atoms with E-state index in [0.717, 1.165) is 11.0 Å².